The molecule has 1 spiro atoms. The average molecular weight is 435 g/mol. The van der Waals surface area contributed by atoms with E-state index in [0.29, 0.717) is 18.2 Å². The molecule has 5 nitrogen and oxygen atoms in total. The van der Waals surface area contributed by atoms with Gasteiger partial charge in [0.15, 0.2) is 0 Å². The minimum Gasteiger partial charge on any atom is -0.456 e. The van der Waals surface area contributed by atoms with Crippen LogP contribution in [0.15, 0.2) is 30.0 Å². The number of ether oxygens (including phenoxy) is 1. The Morgan fingerprint density at radius 2 is 1.81 bits per heavy atom. The standard InChI is InChI=1S/C27H34N2O3/c1-17-5-7-23-19(3)21(6-8-22(17)23)15-18(2)28-12-9-27(10-13-28)11-14-29(26(27)31)24-16-32-25(30)20(24)4/h6,8,18H,1,5,7,9-16H2,2-4H3/t18-/m1/s1. The molecule has 0 aromatic heterocycles. The van der Waals surface area contributed by atoms with Crippen LogP contribution in [-0.4, -0.2) is 54.0 Å². The zero-order valence-electron chi connectivity index (χ0n) is 19.6. The molecule has 1 amide bonds. The van der Waals surface area contributed by atoms with Crippen LogP contribution in [0, 0.1) is 12.3 Å². The van der Waals surface area contributed by atoms with Crippen LogP contribution in [0.4, 0.5) is 0 Å². The summed E-state index contributed by atoms with van der Waals surface area (Å²) in [4.78, 5) is 29.5. The molecule has 32 heavy (non-hydrogen) atoms. The smallest absolute Gasteiger partial charge is 0.336 e. The van der Waals surface area contributed by atoms with Crippen LogP contribution in [-0.2, 0) is 27.2 Å². The average Bonchev–Trinajstić information content (AvgIpc) is 3.42. The van der Waals surface area contributed by atoms with E-state index in [9.17, 15) is 9.59 Å². The molecule has 1 atom stereocenters. The normalized spacial score (nSPS) is 24.0. The SMILES string of the molecule is C=C1CCc2c1ccc(C[C@@H](C)N1CCC3(CCN(C4=C(C)C(=O)OC4)C3=O)CC1)c2C. The Morgan fingerprint density at radius 1 is 1.09 bits per heavy atom. The van der Waals surface area contributed by atoms with Gasteiger partial charge in [-0.05, 0) is 100 Å². The second kappa shape index (κ2) is 7.87. The highest BCUT2D eigenvalue weighted by molar-refractivity contribution is 5.94. The highest BCUT2D eigenvalue weighted by Gasteiger charge is 2.50. The number of hydrogen-bond donors (Lipinski definition) is 0. The van der Waals surface area contributed by atoms with Crippen molar-refractivity contribution in [2.45, 2.75) is 65.3 Å². The molecule has 2 saturated heterocycles. The molecule has 3 heterocycles. The fourth-order valence-electron chi connectivity index (χ4n) is 6.22. The zero-order valence-corrected chi connectivity index (χ0v) is 19.6. The monoisotopic (exact) mass is 434 g/mol. The minimum absolute atomic E-state index is 0.201. The summed E-state index contributed by atoms with van der Waals surface area (Å²) in [6.07, 6.45) is 5.94. The minimum atomic E-state index is -0.288. The predicted octanol–water partition coefficient (Wildman–Crippen LogP) is 4.03. The Kier molecular flexibility index (Phi) is 5.28. The van der Waals surface area contributed by atoms with Gasteiger partial charge in [0.1, 0.15) is 6.61 Å². The lowest BCUT2D eigenvalue weighted by atomic mass is 9.76. The van der Waals surface area contributed by atoms with Gasteiger partial charge in [-0.15, -0.1) is 0 Å². The fraction of sp³-hybridized carbons (Fsp3) is 0.556. The van der Waals surface area contributed by atoms with Crippen LogP contribution in [0.5, 0.6) is 0 Å². The molecule has 2 fully saturated rings. The topological polar surface area (TPSA) is 49.9 Å². The van der Waals surface area contributed by atoms with Gasteiger partial charge in [0.25, 0.3) is 0 Å². The lowest BCUT2D eigenvalue weighted by Gasteiger charge is -2.41. The summed E-state index contributed by atoms with van der Waals surface area (Å²) in [5, 5.41) is 0. The number of rotatable bonds is 4. The number of allylic oxidation sites excluding steroid dienone is 1. The van der Waals surface area contributed by atoms with E-state index < -0.39 is 0 Å². The van der Waals surface area contributed by atoms with E-state index in [1.165, 1.54) is 27.8 Å². The lowest BCUT2D eigenvalue weighted by molar-refractivity contribution is -0.138. The summed E-state index contributed by atoms with van der Waals surface area (Å²) in [7, 11) is 0. The van der Waals surface area contributed by atoms with E-state index in [1.807, 2.05) is 4.90 Å². The molecule has 5 heteroatoms. The van der Waals surface area contributed by atoms with Crippen molar-refractivity contribution in [3.8, 4) is 0 Å². The van der Waals surface area contributed by atoms with Gasteiger partial charge in [0.05, 0.1) is 16.7 Å². The van der Waals surface area contributed by atoms with Gasteiger partial charge in [-0.1, -0.05) is 18.7 Å². The van der Waals surface area contributed by atoms with Crippen molar-refractivity contribution < 1.29 is 14.3 Å². The first-order valence-corrected chi connectivity index (χ1v) is 12.0. The number of nitrogens with zero attached hydrogens (tertiary/aromatic N) is 2. The molecule has 3 aliphatic heterocycles. The first-order chi connectivity index (χ1) is 15.3. The van der Waals surface area contributed by atoms with E-state index in [4.69, 9.17) is 4.74 Å². The third-order valence-electron chi connectivity index (χ3n) is 8.58. The van der Waals surface area contributed by atoms with Crippen molar-refractivity contribution in [2.24, 2.45) is 5.41 Å². The van der Waals surface area contributed by atoms with E-state index in [-0.39, 0.29) is 23.9 Å². The Labute approximate surface area is 191 Å². The maximum absolute atomic E-state index is 13.4. The van der Waals surface area contributed by atoms with Gasteiger partial charge >= 0.3 is 5.97 Å². The predicted molar refractivity (Wildman–Crippen MR) is 125 cm³/mol. The van der Waals surface area contributed by atoms with Crippen molar-refractivity contribution in [3.63, 3.8) is 0 Å². The second-order valence-electron chi connectivity index (χ2n) is 10.2. The number of carbonyl (C=O) groups excluding carboxylic acids is 2. The maximum atomic E-state index is 13.4. The zero-order chi connectivity index (χ0) is 22.6. The Balaban J connectivity index is 1.23. The number of fused-ring (bicyclic) bond motifs is 1. The van der Waals surface area contributed by atoms with Gasteiger partial charge in [0.2, 0.25) is 5.91 Å². The molecular weight excluding hydrogens is 400 g/mol. The largest absolute Gasteiger partial charge is 0.456 e. The third kappa shape index (κ3) is 3.33. The van der Waals surface area contributed by atoms with Crippen LogP contribution in [0.25, 0.3) is 5.57 Å². The van der Waals surface area contributed by atoms with Gasteiger partial charge < -0.3 is 14.5 Å². The van der Waals surface area contributed by atoms with Gasteiger partial charge in [0, 0.05) is 12.6 Å². The van der Waals surface area contributed by atoms with Gasteiger partial charge in [-0.2, -0.15) is 0 Å². The highest BCUT2D eigenvalue weighted by Crippen LogP contribution is 2.44. The van der Waals surface area contributed by atoms with E-state index >= 15 is 0 Å². The number of benzene rings is 1. The molecular formula is C27H34N2O3. The fourth-order valence-corrected chi connectivity index (χ4v) is 6.22. The molecule has 1 aliphatic carbocycles. The number of likely N-dealkylation sites (tertiary alicyclic amines) is 2. The van der Waals surface area contributed by atoms with Crippen LogP contribution in [0.3, 0.4) is 0 Å². The number of amides is 1. The summed E-state index contributed by atoms with van der Waals surface area (Å²) in [5.74, 6) is -0.0873. The van der Waals surface area contributed by atoms with Crippen molar-refractivity contribution >= 4 is 17.4 Å². The molecule has 5 rings (SSSR count). The first-order valence-electron chi connectivity index (χ1n) is 12.0. The summed E-state index contributed by atoms with van der Waals surface area (Å²) in [5.41, 5.74) is 8.13. The molecule has 1 aromatic carbocycles. The molecule has 1 aromatic rings. The van der Waals surface area contributed by atoms with Crippen molar-refractivity contribution in [1.29, 1.82) is 0 Å². The summed E-state index contributed by atoms with van der Waals surface area (Å²) in [6, 6.07) is 5.02. The van der Waals surface area contributed by atoms with Crippen LogP contribution in [0.2, 0.25) is 0 Å². The van der Waals surface area contributed by atoms with Crippen LogP contribution >= 0.6 is 0 Å². The summed E-state index contributed by atoms with van der Waals surface area (Å²) >= 11 is 0. The van der Waals surface area contributed by atoms with Gasteiger partial charge in [-0.25, -0.2) is 4.79 Å². The number of piperidine rings is 1. The molecule has 0 bridgehead atoms. The summed E-state index contributed by atoms with van der Waals surface area (Å²) in [6.45, 7) is 13.4. The van der Waals surface area contributed by atoms with E-state index in [1.54, 1.807) is 6.92 Å². The van der Waals surface area contributed by atoms with E-state index in [2.05, 4.69) is 37.5 Å². The quantitative estimate of drug-likeness (QED) is 0.672. The lowest BCUT2D eigenvalue weighted by Crippen LogP contribution is -2.48. The van der Waals surface area contributed by atoms with E-state index in [0.717, 1.165) is 57.3 Å². The molecule has 0 unspecified atom stereocenters. The Morgan fingerprint density at radius 3 is 2.50 bits per heavy atom. The Hall–Kier alpha value is -2.40. The number of cyclic esters (lactones) is 1. The third-order valence-corrected chi connectivity index (χ3v) is 8.58. The Bertz CT molecular complexity index is 1030. The van der Waals surface area contributed by atoms with Crippen molar-refractivity contribution in [3.05, 3.63) is 52.2 Å². The maximum Gasteiger partial charge on any atom is 0.336 e. The number of carbonyl (C=O) groups is 2. The molecule has 0 saturated carbocycles. The van der Waals surface area contributed by atoms with Crippen molar-refractivity contribution in [2.75, 3.05) is 26.2 Å². The molecule has 0 radical (unpaired) electrons. The van der Waals surface area contributed by atoms with Gasteiger partial charge in [-0.3, -0.25) is 4.79 Å². The molecule has 0 N–H and O–H groups in total. The van der Waals surface area contributed by atoms with Crippen LogP contribution < -0.4 is 0 Å². The first kappa shape index (κ1) is 21.4. The van der Waals surface area contributed by atoms with Crippen molar-refractivity contribution in [1.82, 2.24) is 9.80 Å². The molecule has 170 valence electrons. The molecule has 4 aliphatic rings. The number of esters is 1. The number of hydrogen-bond acceptors (Lipinski definition) is 4. The van der Waals surface area contributed by atoms with Crippen LogP contribution in [0.1, 0.15) is 61.8 Å². The highest BCUT2D eigenvalue weighted by atomic mass is 16.5. The summed E-state index contributed by atoms with van der Waals surface area (Å²) < 4.78 is 5.14. The second-order valence-corrected chi connectivity index (χ2v) is 10.2.